The summed E-state index contributed by atoms with van der Waals surface area (Å²) in [6, 6.07) is 0. The van der Waals surface area contributed by atoms with Crippen molar-refractivity contribution in [2.45, 2.75) is 46.5 Å². The highest BCUT2D eigenvalue weighted by molar-refractivity contribution is 6.01. The van der Waals surface area contributed by atoms with Crippen molar-refractivity contribution in [1.82, 2.24) is 0 Å². The Hall–Kier alpha value is -1.18. The average Bonchev–Trinajstić information content (AvgIpc) is 2.26. The van der Waals surface area contributed by atoms with Crippen molar-refractivity contribution in [3.8, 4) is 0 Å². The molecular formula is C15H20O2. The summed E-state index contributed by atoms with van der Waals surface area (Å²) in [6.07, 6.45) is 2.65. The number of hydrogen-bond acceptors (Lipinski definition) is 2. The molecule has 0 N–H and O–H groups in total. The topological polar surface area (TPSA) is 34.1 Å². The summed E-state index contributed by atoms with van der Waals surface area (Å²) in [5.41, 5.74) is 2.60. The van der Waals surface area contributed by atoms with E-state index in [1.807, 2.05) is 20.8 Å². The fraction of sp³-hybridized carbons (Fsp3) is 0.600. The van der Waals surface area contributed by atoms with Gasteiger partial charge in [0.15, 0.2) is 5.78 Å². The van der Waals surface area contributed by atoms with Crippen LogP contribution in [0.15, 0.2) is 23.3 Å². The van der Waals surface area contributed by atoms with E-state index >= 15 is 0 Å². The molecule has 2 aliphatic rings. The Morgan fingerprint density at radius 1 is 1.35 bits per heavy atom. The quantitative estimate of drug-likeness (QED) is 0.650. The van der Waals surface area contributed by atoms with Crippen molar-refractivity contribution in [3.05, 3.63) is 23.3 Å². The van der Waals surface area contributed by atoms with E-state index in [9.17, 15) is 9.59 Å². The minimum Gasteiger partial charge on any atom is -0.299 e. The van der Waals surface area contributed by atoms with Crippen LogP contribution in [-0.2, 0) is 9.59 Å². The Morgan fingerprint density at radius 3 is 2.59 bits per heavy atom. The highest BCUT2D eigenvalue weighted by Gasteiger charge is 2.46. The van der Waals surface area contributed by atoms with Gasteiger partial charge in [0.25, 0.3) is 0 Å². The molecule has 0 bridgehead atoms. The molecule has 0 radical (unpaired) electrons. The Balaban J connectivity index is 2.46. The molecule has 0 aliphatic heterocycles. The summed E-state index contributed by atoms with van der Waals surface area (Å²) in [7, 11) is 0. The first-order valence-electron chi connectivity index (χ1n) is 6.28. The summed E-state index contributed by atoms with van der Waals surface area (Å²) in [5.74, 6) is 0.734. The third kappa shape index (κ3) is 1.80. The highest BCUT2D eigenvalue weighted by Crippen LogP contribution is 2.49. The van der Waals surface area contributed by atoms with Crippen LogP contribution in [0, 0.1) is 11.3 Å². The third-order valence-corrected chi connectivity index (χ3v) is 4.58. The van der Waals surface area contributed by atoms with E-state index in [1.54, 1.807) is 0 Å². The number of carbonyl (C=O) groups is 2. The van der Waals surface area contributed by atoms with Gasteiger partial charge in [-0.05, 0) is 50.7 Å². The summed E-state index contributed by atoms with van der Waals surface area (Å²) < 4.78 is 0. The van der Waals surface area contributed by atoms with Gasteiger partial charge < -0.3 is 0 Å². The molecule has 0 heterocycles. The number of rotatable bonds is 1. The van der Waals surface area contributed by atoms with Gasteiger partial charge in [0.1, 0.15) is 5.78 Å². The van der Waals surface area contributed by atoms with Crippen molar-refractivity contribution in [1.29, 1.82) is 0 Å². The lowest BCUT2D eigenvalue weighted by atomic mass is 9.60. The first-order chi connectivity index (χ1) is 7.86. The molecule has 2 atom stereocenters. The molecule has 0 spiro atoms. The van der Waals surface area contributed by atoms with E-state index in [0.717, 1.165) is 23.1 Å². The van der Waals surface area contributed by atoms with E-state index in [-0.39, 0.29) is 17.1 Å². The van der Waals surface area contributed by atoms with Gasteiger partial charge >= 0.3 is 0 Å². The van der Waals surface area contributed by atoms with Gasteiger partial charge in [0.05, 0.1) is 0 Å². The molecule has 2 nitrogen and oxygen atoms in total. The van der Waals surface area contributed by atoms with Crippen LogP contribution >= 0.6 is 0 Å². The largest absolute Gasteiger partial charge is 0.299 e. The van der Waals surface area contributed by atoms with Crippen LogP contribution in [0.2, 0.25) is 0 Å². The zero-order valence-electron chi connectivity index (χ0n) is 10.9. The van der Waals surface area contributed by atoms with Crippen molar-refractivity contribution in [3.63, 3.8) is 0 Å². The number of carbonyl (C=O) groups excluding carboxylic acids is 2. The van der Waals surface area contributed by atoms with Gasteiger partial charge in [0.2, 0.25) is 0 Å². The van der Waals surface area contributed by atoms with Crippen molar-refractivity contribution in [2.75, 3.05) is 0 Å². The maximum atomic E-state index is 12.3. The van der Waals surface area contributed by atoms with Crippen LogP contribution in [0.25, 0.3) is 0 Å². The summed E-state index contributed by atoms with van der Waals surface area (Å²) in [5, 5.41) is 0. The number of allylic oxidation sites excluding steroid dienone is 3. The third-order valence-electron chi connectivity index (χ3n) is 4.58. The maximum absolute atomic E-state index is 12.3. The molecule has 1 fully saturated rings. The lowest BCUT2D eigenvalue weighted by molar-refractivity contribution is -0.130. The standard InChI is InChI=1S/C15H20O2/c1-9(2)11-7-12-10(3)13(16)5-6-15(12,4)14(17)8-11/h11H,1,5-8H2,2-4H3/t11-,15+/m1/s1. The minimum absolute atomic E-state index is 0.215. The van der Waals surface area contributed by atoms with E-state index in [2.05, 4.69) is 6.58 Å². The predicted octanol–water partition coefficient (Wildman–Crippen LogP) is 3.23. The molecule has 2 heteroatoms. The van der Waals surface area contributed by atoms with Crippen LogP contribution in [0.1, 0.15) is 46.5 Å². The summed E-state index contributed by atoms with van der Waals surface area (Å²) in [4.78, 5) is 24.1. The Morgan fingerprint density at radius 2 is 2.00 bits per heavy atom. The Labute approximate surface area is 103 Å². The fourth-order valence-electron chi connectivity index (χ4n) is 3.09. The normalized spacial score (nSPS) is 33.7. The Kier molecular flexibility index (Phi) is 2.84. The summed E-state index contributed by atoms with van der Waals surface area (Å²) in [6.45, 7) is 9.82. The van der Waals surface area contributed by atoms with Crippen LogP contribution < -0.4 is 0 Å². The highest BCUT2D eigenvalue weighted by atomic mass is 16.1. The molecule has 0 saturated heterocycles. The lowest BCUT2D eigenvalue weighted by Crippen LogP contribution is -2.41. The van der Waals surface area contributed by atoms with Crippen LogP contribution in [0.3, 0.4) is 0 Å². The second-order valence-electron chi connectivity index (χ2n) is 5.73. The maximum Gasteiger partial charge on any atom is 0.158 e. The molecule has 0 amide bonds. The van der Waals surface area contributed by atoms with Gasteiger partial charge in [-0.15, -0.1) is 0 Å². The van der Waals surface area contributed by atoms with E-state index in [0.29, 0.717) is 25.0 Å². The monoisotopic (exact) mass is 232 g/mol. The van der Waals surface area contributed by atoms with E-state index in [1.165, 1.54) is 0 Å². The Bertz CT molecular complexity index is 442. The summed E-state index contributed by atoms with van der Waals surface area (Å²) >= 11 is 0. The predicted molar refractivity (Wildman–Crippen MR) is 67.6 cm³/mol. The minimum atomic E-state index is -0.371. The van der Waals surface area contributed by atoms with Crippen molar-refractivity contribution >= 4 is 11.6 Å². The smallest absolute Gasteiger partial charge is 0.158 e. The van der Waals surface area contributed by atoms with E-state index < -0.39 is 0 Å². The lowest BCUT2D eigenvalue weighted by Gasteiger charge is -2.42. The molecule has 0 aromatic heterocycles. The molecule has 0 aromatic carbocycles. The second kappa shape index (κ2) is 3.94. The molecule has 92 valence electrons. The van der Waals surface area contributed by atoms with Gasteiger partial charge in [-0.25, -0.2) is 0 Å². The van der Waals surface area contributed by atoms with Crippen LogP contribution in [0.4, 0.5) is 0 Å². The number of hydrogen-bond donors (Lipinski definition) is 0. The zero-order valence-corrected chi connectivity index (χ0v) is 10.9. The number of Topliss-reactive ketones (excluding diaryl/α,β-unsaturated/α-hetero) is 2. The van der Waals surface area contributed by atoms with Gasteiger partial charge in [-0.3, -0.25) is 9.59 Å². The molecule has 2 aliphatic carbocycles. The molecule has 0 aromatic rings. The fourth-order valence-corrected chi connectivity index (χ4v) is 3.09. The molecule has 2 rings (SSSR count). The van der Waals surface area contributed by atoms with Gasteiger partial charge in [-0.2, -0.15) is 0 Å². The van der Waals surface area contributed by atoms with Gasteiger partial charge in [0, 0.05) is 18.3 Å². The van der Waals surface area contributed by atoms with Crippen LogP contribution in [-0.4, -0.2) is 11.6 Å². The first kappa shape index (κ1) is 12.3. The first-order valence-corrected chi connectivity index (χ1v) is 6.28. The van der Waals surface area contributed by atoms with Crippen molar-refractivity contribution < 1.29 is 9.59 Å². The van der Waals surface area contributed by atoms with Gasteiger partial charge in [-0.1, -0.05) is 12.2 Å². The van der Waals surface area contributed by atoms with Crippen molar-refractivity contribution in [2.24, 2.45) is 11.3 Å². The molecule has 1 saturated carbocycles. The molecular weight excluding hydrogens is 212 g/mol. The SMILES string of the molecule is C=C(C)[C@H]1CC(=O)[C@@]2(C)CCC(=O)C(C)=C2C1. The second-order valence-corrected chi connectivity index (χ2v) is 5.73. The number of ketones is 2. The molecule has 0 unspecified atom stereocenters. The molecule has 17 heavy (non-hydrogen) atoms. The van der Waals surface area contributed by atoms with Crippen LogP contribution in [0.5, 0.6) is 0 Å². The average molecular weight is 232 g/mol. The van der Waals surface area contributed by atoms with E-state index in [4.69, 9.17) is 0 Å². The number of fused-ring (bicyclic) bond motifs is 1. The zero-order chi connectivity index (χ0) is 12.8.